The van der Waals surface area contributed by atoms with Gasteiger partial charge in [-0.2, -0.15) is 0 Å². The van der Waals surface area contributed by atoms with E-state index in [-0.39, 0.29) is 6.29 Å². The zero-order valence-electron chi connectivity index (χ0n) is 16.9. The molecule has 2 unspecified atom stereocenters. The van der Waals surface area contributed by atoms with Crippen LogP contribution in [0.2, 0.25) is 0 Å². The molecule has 1 aliphatic rings. The maximum atomic E-state index is 6.34. The molecule has 0 N–H and O–H groups in total. The summed E-state index contributed by atoms with van der Waals surface area (Å²) in [5, 5.41) is 0. The molecular weight excluding hydrogens is 332 g/mol. The van der Waals surface area contributed by atoms with E-state index in [4.69, 9.17) is 9.47 Å². The average molecular weight is 367 g/mol. The molecule has 1 aliphatic carbocycles. The lowest BCUT2D eigenvalue weighted by molar-refractivity contribution is -0.122. The first-order valence-corrected chi connectivity index (χ1v) is 10.7. The molecule has 0 aliphatic heterocycles. The van der Waals surface area contributed by atoms with Gasteiger partial charge in [-0.15, -0.1) is 0 Å². The van der Waals surface area contributed by atoms with Crippen LogP contribution in [-0.4, -0.2) is 12.9 Å². The van der Waals surface area contributed by atoms with Crippen LogP contribution in [0.1, 0.15) is 69.4 Å². The number of ether oxygens (including phenoxy) is 2. The summed E-state index contributed by atoms with van der Waals surface area (Å²) in [7, 11) is 0. The highest BCUT2D eigenvalue weighted by Gasteiger charge is 2.26. The van der Waals surface area contributed by atoms with E-state index in [1.165, 1.54) is 43.2 Å². The van der Waals surface area contributed by atoms with Crippen molar-refractivity contribution in [3.63, 3.8) is 0 Å². The lowest BCUT2D eigenvalue weighted by Crippen LogP contribution is -2.32. The second-order valence-electron chi connectivity index (χ2n) is 7.87. The van der Waals surface area contributed by atoms with E-state index in [0.717, 1.165) is 18.6 Å². The van der Waals surface area contributed by atoms with E-state index in [2.05, 4.69) is 68.4 Å². The highest BCUT2D eigenvalue weighted by atomic mass is 16.7. The predicted octanol–water partition coefficient (Wildman–Crippen LogP) is 6.74. The number of benzene rings is 2. The van der Waals surface area contributed by atoms with Crippen molar-refractivity contribution in [3.05, 3.63) is 65.7 Å². The predicted molar refractivity (Wildman–Crippen MR) is 112 cm³/mol. The van der Waals surface area contributed by atoms with E-state index in [1.807, 2.05) is 0 Å². The van der Waals surface area contributed by atoms with Gasteiger partial charge in [-0.3, -0.25) is 0 Å². The van der Waals surface area contributed by atoms with E-state index >= 15 is 0 Å². The first-order chi connectivity index (χ1) is 13.3. The van der Waals surface area contributed by atoms with Gasteiger partial charge in [-0.25, -0.2) is 0 Å². The quantitative estimate of drug-likeness (QED) is 0.457. The molecule has 146 valence electrons. The fraction of sp³-hybridized carbons (Fsp3) is 0.520. The van der Waals surface area contributed by atoms with Crippen molar-refractivity contribution < 1.29 is 9.47 Å². The molecule has 2 aromatic rings. The van der Waals surface area contributed by atoms with Gasteiger partial charge in [0, 0.05) is 5.92 Å². The Labute approximate surface area is 164 Å². The van der Waals surface area contributed by atoms with Gasteiger partial charge in [-0.05, 0) is 54.9 Å². The summed E-state index contributed by atoms with van der Waals surface area (Å²) in [6.45, 7) is 5.21. The van der Waals surface area contributed by atoms with E-state index in [1.54, 1.807) is 0 Å². The molecule has 0 bridgehead atoms. The van der Waals surface area contributed by atoms with Crippen LogP contribution in [0.5, 0.6) is 5.75 Å². The first-order valence-electron chi connectivity index (χ1n) is 10.7. The van der Waals surface area contributed by atoms with Crippen molar-refractivity contribution >= 4 is 0 Å². The molecule has 0 saturated heterocycles. The molecule has 27 heavy (non-hydrogen) atoms. The Kier molecular flexibility index (Phi) is 7.77. The van der Waals surface area contributed by atoms with Gasteiger partial charge in [0.15, 0.2) is 0 Å². The normalized spacial score (nSPS) is 17.4. The van der Waals surface area contributed by atoms with Gasteiger partial charge >= 0.3 is 0 Å². The fourth-order valence-electron chi connectivity index (χ4n) is 3.86. The second-order valence-corrected chi connectivity index (χ2v) is 7.87. The van der Waals surface area contributed by atoms with Gasteiger partial charge in [0.2, 0.25) is 6.29 Å². The third-order valence-corrected chi connectivity index (χ3v) is 5.86. The molecule has 0 amide bonds. The van der Waals surface area contributed by atoms with Crippen LogP contribution in [0.25, 0.3) is 0 Å². The third-order valence-electron chi connectivity index (χ3n) is 5.86. The maximum Gasteiger partial charge on any atom is 0.202 e. The van der Waals surface area contributed by atoms with E-state index in [9.17, 15) is 0 Å². The van der Waals surface area contributed by atoms with Crippen molar-refractivity contribution in [2.75, 3.05) is 6.61 Å². The number of hydrogen-bond acceptors (Lipinski definition) is 2. The summed E-state index contributed by atoms with van der Waals surface area (Å²) in [6.07, 6.45) is 8.30. The standard InChI is InChI=1S/C25H34O2/c1-3-20(2)22-14-16-24(17-15-22)27-25(23-12-8-5-9-13-23)26-19-18-21-10-6-4-7-11-21/h4,6-7,10-11,14-17,20,23,25H,3,5,8-9,12-13,18-19H2,1-2H3. The van der Waals surface area contributed by atoms with Crippen LogP contribution >= 0.6 is 0 Å². The lowest BCUT2D eigenvalue weighted by atomic mass is 9.88. The Morgan fingerprint density at radius 3 is 2.30 bits per heavy atom. The fourth-order valence-corrected chi connectivity index (χ4v) is 3.86. The summed E-state index contributed by atoms with van der Waals surface area (Å²) in [5.41, 5.74) is 2.70. The van der Waals surface area contributed by atoms with Gasteiger partial charge < -0.3 is 9.47 Å². The smallest absolute Gasteiger partial charge is 0.202 e. The Balaban J connectivity index is 1.60. The molecule has 2 aromatic carbocycles. The zero-order valence-corrected chi connectivity index (χ0v) is 16.9. The van der Waals surface area contributed by atoms with E-state index in [0.29, 0.717) is 18.4 Å². The van der Waals surface area contributed by atoms with Gasteiger partial charge in [0.05, 0.1) is 6.61 Å². The Hall–Kier alpha value is -1.80. The molecule has 1 fully saturated rings. The zero-order chi connectivity index (χ0) is 18.9. The van der Waals surface area contributed by atoms with Crippen LogP contribution < -0.4 is 4.74 Å². The third kappa shape index (κ3) is 6.10. The summed E-state index contributed by atoms with van der Waals surface area (Å²) in [5.74, 6) is 2.02. The highest BCUT2D eigenvalue weighted by molar-refractivity contribution is 5.29. The molecule has 2 atom stereocenters. The summed E-state index contributed by atoms with van der Waals surface area (Å²) in [4.78, 5) is 0. The van der Waals surface area contributed by atoms with Crippen LogP contribution in [0, 0.1) is 5.92 Å². The Bertz CT molecular complexity index is 644. The molecule has 1 saturated carbocycles. The number of hydrogen-bond donors (Lipinski definition) is 0. The molecule has 0 heterocycles. The van der Waals surface area contributed by atoms with Crippen molar-refractivity contribution in [2.45, 2.75) is 71.0 Å². The highest BCUT2D eigenvalue weighted by Crippen LogP contribution is 2.30. The van der Waals surface area contributed by atoms with Crippen LogP contribution in [0.15, 0.2) is 54.6 Å². The summed E-state index contributed by atoms with van der Waals surface area (Å²) in [6, 6.07) is 19.2. The largest absolute Gasteiger partial charge is 0.465 e. The molecule has 3 rings (SSSR count). The minimum Gasteiger partial charge on any atom is -0.465 e. The minimum absolute atomic E-state index is 0.136. The minimum atomic E-state index is -0.136. The van der Waals surface area contributed by atoms with Crippen LogP contribution in [-0.2, 0) is 11.2 Å². The molecule has 0 radical (unpaired) electrons. The Morgan fingerprint density at radius 1 is 0.926 bits per heavy atom. The average Bonchev–Trinajstić information content (AvgIpc) is 2.74. The Morgan fingerprint density at radius 2 is 1.63 bits per heavy atom. The molecule has 0 spiro atoms. The van der Waals surface area contributed by atoms with E-state index < -0.39 is 0 Å². The monoisotopic (exact) mass is 366 g/mol. The van der Waals surface area contributed by atoms with Crippen LogP contribution in [0.3, 0.4) is 0 Å². The first kappa shape index (κ1) is 19.9. The summed E-state index contributed by atoms with van der Waals surface area (Å²) >= 11 is 0. The SMILES string of the molecule is CCC(C)c1ccc(OC(OCCc2ccccc2)C2CCCCC2)cc1. The van der Waals surface area contributed by atoms with Crippen LogP contribution in [0.4, 0.5) is 0 Å². The summed E-state index contributed by atoms with van der Waals surface area (Å²) < 4.78 is 12.6. The van der Waals surface area contributed by atoms with Crippen molar-refractivity contribution in [1.82, 2.24) is 0 Å². The van der Waals surface area contributed by atoms with Crippen molar-refractivity contribution in [3.8, 4) is 5.75 Å². The van der Waals surface area contributed by atoms with Gasteiger partial charge in [0.25, 0.3) is 0 Å². The number of rotatable bonds is 9. The maximum absolute atomic E-state index is 6.34. The molecule has 2 heteroatoms. The lowest BCUT2D eigenvalue weighted by Gasteiger charge is -2.30. The van der Waals surface area contributed by atoms with Crippen molar-refractivity contribution in [2.24, 2.45) is 5.92 Å². The van der Waals surface area contributed by atoms with Crippen molar-refractivity contribution in [1.29, 1.82) is 0 Å². The second kappa shape index (κ2) is 10.5. The van der Waals surface area contributed by atoms with Gasteiger partial charge in [0.1, 0.15) is 5.75 Å². The molecular formula is C25H34O2. The molecule has 2 nitrogen and oxygen atoms in total. The van der Waals surface area contributed by atoms with Gasteiger partial charge in [-0.1, -0.05) is 75.6 Å². The molecule has 0 aromatic heterocycles. The topological polar surface area (TPSA) is 18.5 Å².